The van der Waals surface area contributed by atoms with Crippen LogP contribution in [0.1, 0.15) is 30.9 Å². The Morgan fingerprint density at radius 3 is 2.52 bits per heavy atom. The molecule has 21 heavy (non-hydrogen) atoms. The monoisotopic (exact) mass is 288 g/mol. The molecule has 0 radical (unpaired) electrons. The van der Waals surface area contributed by atoms with E-state index in [0.29, 0.717) is 17.5 Å². The van der Waals surface area contributed by atoms with E-state index in [1.165, 1.54) is 0 Å². The molecule has 7 heteroatoms. The Hall–Kier alpha value is -2.57. The van der Waals surface area contributed by atoms with Crippen LogP contribution in [0, 0.1) is 5.92 Å². The zero-order chi connectivity index (χ0) is 15.4. The van der Waals surface area contributed by atoms with Crippen molar-refractivity contribution in [3.63, 3.8) is 0 Å². The quantitative estimate of drug-likeness (QED) is 0.858. The number of carboxylic acid groups (broad SMARTS) is 1. The molecule has 0 bridgehead atoms. The number of aliphatic carboxylic acids is 1. The molecule has 110 valence electrons. The first-order valence-electron chi connectivity index (χ1n) is 6.66. The average Bonchev–Trinajstić information content (AvgIpc) is 2.50. The molecule has 0 spiro atoms. The lowest BCUT2D eigenvalue weighted by molar-refractivity contribution is -0.140. The predicted octanol–water partition coefficient (Wildman–Crippen LogP) is 1.25. The van der Waals surface area contributed by atoms with Crippen LogP contribution in [0.4, 0.5) is 0 Å². The van der Waals surface area contributed by atoms with Gasteiger partial charge in [-0.2, -0.15) is 0 Å². The summed E-state index contributed by atoms with van der Waals surface area (Å²) in [5.74, 6) is -2.05. The van der Waals surface area contributed by atoms with Crippen molar-refractivity contribution in [1.29, 1.82) is 0 Å². The van der Waals surface area contributed by atoms with Crippen molar-refractivity contribution < 1.29 is 14.7 Å². The smallest absolute Gasteiger partial charge is 0.326 e. The van der Waals surface area contributed by atoms with Crippen LogP contribution in [0.25, 0.3) is 11.0 Å². The van der Waals surface area contributed by atoms with Gasteiger partial charge in [-0.25, -0.2) is 9.78 Å². The third-order valence-electron chi connectivity index (χ3n) is 3.33. The molecule has 2 aromatic rings. The number of hydrogen-bond donors (Lipinski definition) is 2. The van der Waals surface area contributed by atoms with Gasteiger partial charge in [0.25, 0.3) is 5.91 Å². The van der Waals surface area contributed by atoms with Gasteiger partial charge in [-0.3, -0.25) is 4.79 Å². The first-order valence-corrected chi connectivity index (χ1v) is 6.66. The van der Waals surface area contributed by atoms with Crippen LogP contribution >= 0.6 is 0 Å². The largest absolute Gasteiger partial charge is 0.480 e. The molecule has 7 nitrogen and oxygen atoms in total. The minimum Gasteiger partial charge on any atom is -0.480 e. The second-order valence-corrected chi connectivity index (χ2v) is 4.80. The maximum atomic E-state index is 12.1. The van der Waals surface area contributed by atoms with E-state index < -0.39 is 17.9 Å². The van der Waals surface area contributed by atoms with Crippen molar-refractivity contribution in [2.45, 2.75) is 26.3 Å². The van der Waals surface area contributed by atoms with Crippen molar-refractivity contribution in [3.05, 3.63) is 30.1 Å². The topological polar surface area (TPSA) is 105 Å². The van der Waals surface area contributed by atoms with Crippen molar-refractivity contribution >= 4 is 22.9 Å². The van der Waals surface area contributed by atoms with E-state index >= 15 is 0 Å². The molecule has 0 unspecified atom stereocenters. The van der Waals surface area contributed by atoms with Crippen LogP contribution in [0.5, 0.6) is 0 Å². The van der Waals surface area contributed by atoms with Gasteiger partial charge in [0.2, 0.25) is 5.82 Å². The van der Waals surface area contributed by atoms with Crippen LogP contribution in [-0.4, -0.2) is 38.2 Å². The molecule has 0 aliphatic rings. The molecule has 0 saturated carbocycles. The van der Waals surface area contributed by atoms with Crippen molar-refractivity contribution in [1.82, 2.24) is 20.5 Å². The highest BCUT2D eigenvalue weighted by Gasteiger charge is 2.26. The van der Waals surface area contributed by atoms with Crippen molar-refractivity contribution in [2.75, 3.05) is 0 Å². The highest BCUT2D eigenvalue weighted by molar-refractivity contribution is 5.94. The first kappa shape index (κ1) is 14.8. The summed E-state index contributed by atoms with van der Waals surface area (Å²) in [6.45, 7) is 3.62. The predicted molar refractivity (Wildman–Crippen MR) is 75.7 cm³/mol. The summed E-state index contributed by atoms with van der Waals surface area (Å²) >= 11 is 0. The SMILES string of the molecule is CC[C@H](C)[C@H](NC(=O)c1nnc2ccccc2n1)C(=O)O. The summed E-state index contributed by atoms with van der Waals surface area (Å²) in [5.41, 5.74) is 1.11. The maximum Gasteiger partial charge on any atom is 0.326 e. The van der Waals surface area contributed by atoms with Gasteiger partial charge in [0.05, 0.1) is 5.52 Å². The Bertz CT molecular complexity index is 674. The molecule has 1 amide bonds. The van der Waals surface area contributed by atoms with Gasteiger partial charge in [-0.1, -0.05) is 32.4 Å². The molecular formula is C14H16N4O3. The number of para-hydroxylation sites is 1. The lowest BCUT2D eigenvalue weighted by atomic mass is 9.99. The summed E-state index contributed by atoms with van der Waals surface area (Å²) in [6, 6.07) is 6.04. The molecule has 2 N–H and O–H groups in total. The molecule has 0 fully saturated rings. The zero-order valence-electron chi connectivity index (χ0n) is 11.8. The van der Waals surface area contributed by atoms with Gasteiger partial charge < -0.3 is 10.4 Å². The van der Waals surface area contributed by atoms with E-state index in [1.54, 1.807) is 31.2 Å². The standard InChI is InChI=1S/C14H16N4O3/c1-3-8(2)11(14(20)21)16-13(19)12-15-9-6-4-5-7-10(9)17-18-12/h4-8,11H,3H2,1-2H3,(H,16,19)(H,20,21)/t8-,11-/m0/s1. The Labute approximate surface area is 121 Å². The minimum atomic E-state index is -1.08. The number of nitrogens with one attached hydrogen (secondary N) is 1. The van der Waals surface area contributed by atoms with E-state index in [9.17, 15) is 14.7 Å². The number of hydrogen-bond acceptors (Lipinski definition) is 5. The highest BCUT2D eigenvalue weighted by atomic mass is 16.4. The summed E-state index contributed by atoms with van der Waals surface area (Å²) in [7, 11) is 0. The molecule has 1 aromatic carbocycles. The molecule has 0 aliphatic heterocycles. The van der Waals surface area contributed by atoms with Gasteiger partial charge >= 0.3 is 5.97 Å². The van der Waals surface area contributed by atoms with Crippen LogP contribution in [0.3, 0.4) is 0 Å². The number of aromatic nitrogens is 3. The van der Waals surface area contributed by atoms with E-state index in [-0.39, 0.29) is 11.7 Å². The number of fused-ring (bicyclic) bond motifs is 1. The Morgan fingerprint density at radius 2 is 1.90 bits per heavy atom. The maximum absolute atomic E-state index is 12.1. The van der Waals surface area contributed by atoms with Gasteiger partial charge in [0.1, 0.15) is 11.6 Å². The molecular weight excluding hydrogens is 272 g/mol. The van der Waals surface area contributed by atoms with Crippen LogP contribution in [0.15, 0.2) is 24.3 Å². The minimum absolute atomic E-state index is 0.136. The second-order valence-electron chi connectivity index (χ2n) is 4.80. The number of carbonyl (C=O) groups excluding carboxylic acids is 1. The van der Waals surface area contributed by atoms with Crippen LogP contribution in [0.2, 0.25) is 0 Å². The van der Waals surface area contributed by atoms with E-state index in [0.717, 1.165) is 0 Å². The highest BCUT2D eigenvalue weighted by Crippen LogP contribution is 2.10. The van der Waals surface area contributed by atoms with E-state index in [4.69, 9.17) is 0 Å². The second kappa shape index (κ2) is 6.25. The Kier molecular flexibility index (Phi) is 4.42. The lowest BCUT2D eigenvalue weighted by Crippen LogP contribution is -2.45. The number of carbonyl (C=O) groups is 2. The number of carboxylic acids is 1. The summed E-state index contributed by atoms with van der Waals surface area (Å²) < 4.78 is 0. The molecule has 0 saturated heterocycles. The molecule has 1 heterocycles. The van der Waals surface area contributed by atoms with Crippen LogP contribution in [-0.2, 0) is 4.79 Å². The normalized spacial score (nSPS) is 13.6. The summed E-state index contributed by atoms with van der Waals surface area (Å²) in [5, 5.41) is 19.3. The van der Waals surface area contributed by atoms with E-state index in [1.807, 2.05) is 6.92 Å². The van der Waals surface area contributed by atoms with Crippen LogP contribution < -0.4 is 5.32 Å². The molecule has 2 rings (SSSR count). The van der Waals surface area contributed by atoms with Gasteiger partial charge in [0, 0.05) is 0 Å². The zero-order valence-corrected chi connectivity index (χ0v) is 11.8. The average molecular weight is 288 g/mol. The molecule has 2 atom stereocenters. The third kappa shape index (κ3) is 3.31. The van der Waals surface area contributed by atoms with Crippen molar-refractivity contribution in [2.24, 2.45) is 5.92 Å². The number of benzene rings is 1. The molecule has 1 aromatic heterocycles. The van der Waals surface area contributed by atoms with Gasteiger partial charge in [-0.15, -0.1) is 10.2 Å². The summed E-state index contributed by atoms with van der Waals surface area (Å²) in [6.07, 6.45) is 0.633. The third-order valence-corrected chi connectivity index (χ3v) is 3.33. The fraction of sp³-hybridized carbons (Fsp3) is 0.357. The fourth-order valence-electron chi connectivity index (χ4n) is 1.87. The number of amides is 1. The Morgan fingerprint density at radius 1 is 1.24 bits per heavy atom. The van der Waals surface area contributed by atoms with Gasteiger partial charge in [-0.05, 0) is 18.1 Å². The van der Waals surface area contributed by atoms with Crippen molar-refractivity contribution in [3.8, 4) is 0 Å². The molecule has 0 aliphatic carbocycles. The Balaban J connectivity index is 2.23. The first-order chi connectivity index (χ1) is 10.0. The number of nitrogens with zero attached hydrogens (tertiary/aromatic N) is 3. The lowest BCUT2D eigenvalue weighted by Gasteiger charge is -2.19. The fourth-order valence-corrected chi connectivity index (χ4v) is 1.87. The van der Waals surface area contributed by atoms with E-state index in [2.05, 4.69) is 20.5 Å². The van der Waals surface area contributed by atoms with Gasteiger partial charge in [0.15, 0.2) is 0 Å². The summed E-state index contributed by atoms with van der Waals surface area (Å²) in [4.78, 5) is 27.4. The number of rotatable bonds is 5.